The highest BCUT2D eigenvalue weighted by molar-refractivity contribution is 7.13. The summed E-state index contributed by atoms with van der Waals surface area (Å²) in [6, 6.07) is 22.5. The average Bonchev–Trinajstić information content (AvgIpc) is 3.30. The molecule has 0 bridgehead atoms. The van der Waals surface area contributed by atoms with Gasteiger partial charge < -0.3 is 20.1 Å². The van der Waals surface area contributed by atoms with Crippen molar-refractivity contribution in [3.63, 3.8) is 0 Å². The van der Waals surface area contributed by atoms with Crippen LogP contribution < -0.4 is 20.1 Å². The molecule has 1 heterocycles. The van der Waals surface area contributed by atoms with Gasteiger partial charge in [0.2, 0.25) is 0 Å². The quantitative estimate of drug-likeness (QED) is 0.385. The number of nitrogens with zero attached hydrogens (tertiary/aromatic N) is 1. The third-order valence-corrected chi connectivity index (χ3v) is 5.47. The molecule has 156 valence electrons. The Labute approximate surface area is 184 Å². The number of nitrogens with one attached hydrogen (secondary N) is 2. The molecule has 3 aromatic carbocycles. The number of methoxy groups -OCH3 is 2. The van der Waals surface area contributed by atoms with Crippen molar-refractivity contribution in [2.45, 2.75) is 0 Å². The standard InChI is InChI=1S/C24H21N3O3S/c1-29-21-12-11-19(14-22(21)30-2)26-24(28)25-18-10-6-9-17(13-18)20-15-31-23(27-20)16-7-4-3-5-8-16/h3-15H,1-2H3,(H2,25,26,28). The van der Waals surface area contributed by atoms with Crippen molar-refractivity contribution in [2.24, 2.45) is 0 Å². The fourth-order valence-electron chi connectivity index (χ4n) is 3.08. The van der Waals surface area contributed by atoms with E-state index in [9.17, 15) is 4.79 Å². The highest BCUT2D eigenvalue weighted by atomic mass is 32.1. The Hall–Kier alpha value is -3.84. The summed E-state index contributed by atoms with van der Waals surface area (Å²) in [5.41, 5.74) is 4.15. The first kappa shape index (κ1) is 20.4. The largest absolute Gasteiger partial charge is 0.493 e. The molecule has 0 fully saturated rings. The summed E-state index contributed by atoms with van der Waals surface area (Å²) in [6.07, 6.45) is 0. The zero-order chi connectivity index (χ0) is 21.6. The van der Waals surface area contributed by atoms with E-state index in [1.807, 2.05) is 60.0 Å². The van der Waals surface area contributed by atoms with Crippen LogP contribution in [-0.4, -0.2) is 25.2 Å². The van der Waals surface area contributed by atoms with E-state index in [-0.39, 0.29) is 6.03 Å². The normalized spacial score (nSPS) is 10.4. The van der Waals surface area contributed by atoms with E-state index in [0.29, 0.717) is 22.9 Å². The smallest absolute Gasteiger partial charge is 0.323 e. The number of carbonyl (C=O) groups excluding carboxylic acids is 1. The first-order valence-electron chi connectivity index (χ1n) is 9.57. The molecule has 7 heteroatoms. The second-order valence-electron chi connectivity index (χ2n) is 6.63. The van der Waals surface area contributed by atoms with Crippen LogP contribution in [0, 0.1) is 0 Å². The Morgan fingerprint density at radius 1 is 0.806 bits per heavy atom. The number of benzene rings is 3. The number of ether oxygens (including phenoxy) is 2. The Bertz CT molecular complexity index is 1190. The van der Waals surface area contributed by atoms with Gasteiger partial charge in [-0.25, -0.2) is 9.78 Å². The molecule has 6 nitrogen and oxygen atoms in total. The van der Waals surface area contributed by atoms with Gasteiger partial charge in [-0.1, -0.05) is 42.5 Å². The van der Waals surface area contributed by atoms with E-state index in [4.69, 9.17) is 14.5 Å². The number of amides is 2. The van der Waals surface area contributed by atoms with Crippen molar-refractivity contribution in [1.82, 2.24) is 4.98 Å². The minimum atomic E-state index is -0.354. The summed E-state index contributed by atoms with van der Waals surface area (Å²) >= 11 is 1.59. The van der Waals surface area contributed by atoms with Gasteiger partial charge in [0.05, 0.1) is 19.9 Å². The Kier molecular flexibility index (Phi) is 6.14. The van der Waals surface area contributed by atoms with Crippen LogP contribution >= 0.6 is 11.3 Å². The zero-order valence-electron chi connectivity index (χ0n) is 17.1. The first-order chi connectivity index (χ1) is 15.2. The second-order valence-corrected chi connectivity index (χ2v) is 7.49. The fourth-order valence-corrected chi connectivity index (χ4v) is 3.92. The molecule has 0 unspecified atom stereocenters. The highest BCUT2D eigenvalue weighted by Gasteiger charge is 2.10. The minimum Gasteiger partial charge on any atom is -0.493 e. The maximum absolute atomic E-state index is 12.5. The number of thiazole rings is 1. The van der Waals surface area contributed by atoms with Gasteiger partial charge in [0.1, 0.15) is 5.01 Å². The third kappa shape index (κ3) is 4.84. The molecule has 0 aliphatic heterocycles. The molecule has 2 amide bonds. The predicted octanol–water partition coefficient (Wildman–Crippen LogP) is 6.14. The average molecular weight is 432 g/mol. The molecule has 4 aromatic rings. The molecular formula is C24H21N3O3S. The summed E-state index contributed by atoms with van der Waals surface area (Å²) in [7, 11) is 3.12. The summed E-state index contributed by atoms with van der Waals surface area (Å²) in [6.45, 7) is 0. The summed E-state index contributed by atoms with van der Waals surface area (Å²) in [4.78, 5) is 17.2. The van der Waals surface area contributed by atoms with Crippen LogP contribution in [0.5, 0.6) is 11.5 Å². The molecular weight excluding hydrogens is 410 g/mol. The molecule has 0 saturated carbocycles. The van der Waals surface area contributed by atoms with Gasteiger partial charge in [-0.05, 0) is 24.3 Å². The molecule has 2 N–H and O–H groups in total. The number of rotatable bonds is 6. The predicted molar refractivity (Wildman–Crippen MR) is 125 cm³/mol. The lowest BCUT2D eigenvalue weighted by Gasteiger charge is -2.11. The fraction of sp³-hybridized carbons (Fsp3) is 0.0833. The molecule has 0 spiro atoms. The van der Waals surface area contributed by atoms with Crippen LogP contribution in [0.3, 0.4) is 0 Å². The minimum absolute atomic E-state index is 0.354. The Balaban J connectivity index is 1.46. The molecule has 1 aromatic heterocycles. The maximum atomic E-state index is 12.5. The molecule has 31 heavy (non-hydrogen) atoms. The van der Waals surface area contributed by atoms with Crippen molar-refractivity contribution in [3.05, 3.63) is 78.2 Å². The van der Waals surface area contributed by atoms with Gasteiger partial charge in [-0.15, -0.1) is 11.3 Å². The molecule has 0 aliphatic carbocycles. The van der Waals surface area contributed by atoms with Gasteiger partial charge in [-0.2, -0.15) is 0 Å². The topological polar surface area (TPSA) is 72.5 Å². The first-order valence-corrected chi connectivity index (χ1v) is 10.5. The van der Waals surface area contributed by atoms with Crippen molar-refractivity contribution in [2.75, 3.05) is 24.9 Å². The monoisotopic (exact) mass is 431 g/mol. The molecule has 0 aliphatic rings. The van der Waals surface area contributed by atoms with E-state index >= 15 is 0 Å². The summed E-state index contributed by atoms with van der Waals surface area (Å²) in [5.74, 6) is 1.14. The number of urea groups is 1. The molecule has 0 radical (unpaired) electrons. The highest BCUT2D eigenvalue weighted by Crippen LogP contribution is 2.31. The van der Waals surface area contributed by atoms with Crippen molar-refractivity contribution in [3.8, 4) is 33.3 Å². The SMILES string of the molecule is COc1ccc(NC(=O)Nc2cccc(-c3csc(-c4ccccc4)n3)c2)cc1OC. The van der Waals surface area contributed by atoms with Gasteiger partial charge in [0.25, 0.3) is 0 Å². The van der Waals surface area contributed by atoms with Crippen LogP contribution in [0.1, 0.15) is 0 Å². The van der Waals surface area contributed by atoms with E-state index in [1.54, 1.807) is 43.8 Å². The second kappa shape index (κ2) is 9.32. The lowest BCUT2D eigenvalue weighted by Crippen LogP contribution is -2.19. The number of hydrogen-bond acceptors (Lipinski definition) is 5. The van der Waals surface area contributed by atoms with Crippen LogP contribution in [0.4, 0.5) is 16.2 Å². The molecule has 0 saturated heterocycles. The summed E-state index contributed by atoms with van der Waals surface area (Å²) < 4.78 is 10.5. The van der Waals surface area contributed by atoms with Crippen LogP contribution in [0.15, 0.2) is 78.2 Å². The lowest BCUT2D eigenvalue weighted by molar-refractivity contribution is 0.262. The summed E-state index contributed by atoms with van der Waals surface area (Å²) in [5, 5.41) is 8.64. The van der Waals surface area contributed by atoms with Crippen LogP contribution in [0.2, 0.25) is 0 Å². The van der Waals surface area contributed by atoms with E-state index in [2.05, 4.69) is 10.6 Å². The van der Waals surface area contributed by atoms with E-state index in [1.165, 1.54) is 0 Å². The van der Waals surface area contributed by atoms with Crippen molar-refractivity contribution < 1.29 is 14.3 Å². The van der Waals surface area contributed by atoms with Crippen LogP contribution in [-0.2, 0) is 0 Å². The van der Waals surface area contributed by atoms with E-state index in [0.717, 1.165) is 21.8 Å². The van der Waals surface area contributed by atoms with Gasteiger partial charge in [0, 0.05) is 33.9 Å². The zero-order valence-corrected chi connectivity index (χ0v) is 17.9. The Morgan fingerprint density at radius 3 is 2.26 bits per heavy atom. The van der Waals surface area contributed by atoms with Gasteiger partial charge >= 0.3 is 6.03 Å². The van der Waals surface area contributed by atoms with Crippen molar-refractivity contribution in [1.29, 1.82) is 0 Å². The maximum Gasteiger partial charge on any atom is 0.323 e. The van der Waals surface area contributed by atoms with Crippen molar-refractivity contribution >= 4 is 28.7 Å². The number of anilines is 2. The van der Waals surface area contributed by atoms with Gasteiger partial charge in [0.15, 0.2) is 11.5 Å². The number of carbonyl (C=O) groups is 1. The molecule has 0 atom stereocenters. The van der Waals surface area contributed by atoms with E-state index < -0.39 is 0 Å². The third-order valence-electron chi connectivity index (χ3n) is 4.58. The number of hydrogen-bond donors (Lipinski definition) is 2. The van der Waals surface area contributed by atoms with Gasteiger partial charge in [-0.3, -0.25) is 0 Å². The number of aromatic nitrogens is 1. The Morgan fingerprint density at radius 2 is 1.52 bits per heavy atom. The van der Waals surface area contributed by atoms with Crippen LogP contribution in [0.25, 0.3) is 21.8 Å². The molecule has 4 rings (SSSR count). The lowest BCUT2D eigenvalue weighted by atomic mass is 10.1.